The van der Waals surface area contributed by atoms with Gasteiger partial charge in [-0.25, -0.2) is 0 Å². The highest BCUT2D eigenvalue weighted by molar-refractivity contribution is 6.34. The fraction of sp³-hybridized carbons (Fsp3) is 0.278. The maximum Gasteiger partial charge on any atom is 0.258 e. The van der Waals surface area contributed by atoms with Crippen LogP contribution in [-0.2, 0) is 11.2 Å². The van der Waals surface area contributed by atoms with E-state index in [2.05, 4.69) is 5.32 Å². The summed E-state index contributed by atoms with van der Waals surface area (Å²) in [6, 6.07) is 13.9. The van der Waals surface area contributed by atoms with E-state index < -0.39 is 12.1 Å². The molecule has 0 aliphatic heterocycles. The maximum atomic E-state index is 11.9. The number of aliphatic hydroxyl groups excluding tert-OH is 1. The quantitative estimate of drug-likeness (QED) is 0.787. The predicted octanol–water partition coefficient (Wildman–Crippen LogP) is 3.48. The van der Waals surface area contributed by atoms with Gasteiger partial charge in [-0.05, 0) is 30.7 Å². The summed E-state index contributed by atoms with van der Waals surface area (Å²) in [6.45, 7) is 1.57. The number of carbonyl (C=O) groups excluding carboxylic acids is 1. The Labute approximate surface area is 151 Å². The molecule has 2 aromatic rings. The number of hydrogen-bond donors (Lipinski definition) is 2. The van der Waals surface area contributed by atoms with Crippen molar-refractivity contribution in [1.82, 2.24) is 5.32 Å². The number of hydrogen-bond acceptors (Lipinski definition) is 3. The highest BCUT2D eigenvalue weighted by Crippen LogP contribution is 2.24. The third kappa shape index (κ3) is 6.04. The number of benzene rings is 2. The fourth-order valence-electron chi connectivity index (χ4n) is 2.18. The molecule has 2 aromatic carbocycles. The Morgan fingerprint density at radius 1 is 1.17 bits per heavy atom. The van der Waals surface area contributed by atoms with Crippen LogP contribution in [0.4, 0.5) is 0 Å². The van der Waals surface area contributed by atoms with Crippen LogP contribution in [0.25, 0.3) is 0 Å². The molecule has 0 radical (unpaired) electrons. The molecule has 0 saturated carbocycles. The first kappa shape index (κ1) is 18.6. The summed E-state index contributed by atoms with van der Waals surface area (Å²) in [4.78, 5) is 11.9. The summed E-state index contributed by atoms with van der Waals surface area (Å²) >= 11 is 11.7. The molecule has 0 bridgehead atoms. The van der Waals surface area contributed by atoms with Gasteiger partial charge in [-0.2, -0.15) is 0 Å². The summed E-state index contributed by atoms with van der Waals surface area (Å²) in [5, 5.41) is 13.8. The SMILES string of the molecule is C[C@@H](NC(=O)COc1cc(Cl)cc(Cl)c1)[C@@H](O)Cc1ccccc1. The second-order valence-corrected chi connectivity index (χ2v) is 6.38. The summed E-state index contributed by atoms with van der Waals surface area (Å²) < 4.78 is 5.37. The van der Waals surface area contributed by atoms with Gasteiger partial charge in [-0.3, -0.25) is 4.79 Å². The van der Waals surface area contributed by atoms with Crippen molar-refractivity contribution in [2.45, 2.75) is 25.5 Å². The molecule has 4 nitrogen and oxygen atoms in total. The van der Waals surface area contributed by atoms with Crippen molar-refractivity contribution in [2.75, 3.05) is 6.61 Å². The number of aliphatic hydroxyl groups is 1. The zero-order valence-corrected chi connectivity index (χ0v) is 14.7. The van der Waals surface area contributed by atoms with Gasteiger partial charge in [0.25, 0.3) is 5.91 Å². The molecule has 2 atom stereocenters. The average molecular weight is 368 g/mol. The molecule has 0 heterocycles. The van der Waals surface area contributed by atoms with E-state index in [9.17, 15) is 9.90 Å². The lowest BCUT2D eigenvalue weighted by Crippen LogP contribution is -2.44. The molecular formula is C18H19Cl2NO3. The number of halogens is 2. The van der Waals surface area contributed by atoms with E-state index in [0.717, 1.165) is 5.56 Å². The van der Waals surface area contributed by atoms with Gasteiger partial charge in [-0.15, -0.1) is 0 Å². The van der Waals surface area contributed by atoms with Crippen LogP contribution < -0.4 is 10.1 Å². The molecule has 0 unspecified atom stereocenters. The van der Waals surface area contributed by atoms with Crippen LogP contribution in [0.5, 0.6) is 5.75 Å². The molecule has 2 N–H and O–H groups in total. The van der Waals surface area contributed by atoms with Gasteiger partial charge in [0.2, 0.25) is 0 Å². The van der Waals surface area contributed by atoms with Crippen molar-refractivity contribution in [2.24, 2.45) is 0 Å². The second-order valence-electron chi connectivity index (χ2n) is 5.51. The maximum absolute atomic E-state index is 11.9. The molecule has 0 aromatic heterocycles. The summed E-state index contributed by atoms with van der Waals surface area (Å²) in [6.07, 6.45) is -0.218. The molecule has 6 heteroatoms. The number of rotatable bonds is 7. The first-order chi connectivity index (χ1) is 11.4. The van der Waals surface area contributed by atoms with Gasteiger partial charge in [0, 0.05) is 16.5 Å². The van der Waals surface area contributed by atoms with Gasteiger partial charge in [-0.1, -0.05) is 53.5 Å². The highest BCUT2D eigenvalue weighted by atomic mass is 35.5. The van der Waals surface area contributed by atoms with E-state index in [1.54, 1.807) is 25.1 Å². The van der Waals surface area contributed by atoms with Crippen LogP contribution in [0.1, 0.15) is 12.5 Å². The van der Waals surface area contributed by atoms with Crippen LogP contribution in [0, 0.1) is 0 Å². The van der Waals surface area contributed by atoms with E-state index in [1.165, 1.54) is 0 Å². The Morgan fingerprint density at radius 2 is 1.79 bits per heavy atom. The summed E-state index contributed by atoms with van der Waals surface area (Å²) in [5.74, 6) is 0.0887. The first-order valence-electron chi connectivity index (χ1n) is 7.54. The predicted molar refractivity (Wildman–Crippen MR) is 95.7 cm³/mol. The van der Waals surface area contributed by atoms with Crippen molar-refractivity contribution in [3.05, 3.63) is 64.1 Å². The molecule has 128 valence electrons. The van der Waals surface area contributed by atoms with Crippen molar-refractivity contribution < 1.29 is 14.6 Å². The number of carbonyl (C=O) groups is 1. The summed E-state index contributed by atoms with van der Waals surface area (Å²) in [7, 11) is 0. The second kappa shape index (κ2) is 8.92. The van der Waals surface area contributed by atoms with Crippen LogP contribution in [0.2, 0.25) is 10.0 Å². The van der Waals surface area contributed by atoms with Gasteiger partial charge in [0.15, 0.2) is 6.61 Å². The topological polar surface area (TPSA) is 58.6 Å². The van der Waals surface area contributed by atoms with Crippen LogP contribution in [0.15, 0.2) is 48.5 Å². The minimum absolute atomic E-state index is 0.181. The highest BCUT2D eigenvalue weighted by Gasteiger charge is 2.17. The zero-order chi connectivity index (χ0) is 17.5. The Balaban J connectivity index is 1.80. The van der Waals surface area contributed by atoms with E-state index in [-0.39, 0.29) is 12.5 Å². The molecule has 1 amide bonds. The smallest absolute Gasteiger partial charge is 0.258 e. The molecule has 0 fully saturated rings. The van der Waals surface area contributed by atoms with E-state index in [4.69, 9.17) is 27.9 Å². The Kier molecular flexibility index (Phi) is 6.91. The van der Waals surface area contributed by atoms with Crippen LogP contribution >= 0.6 is 23.2 Å². The summed E-state index contributed by atoms with van der Waals surface area (Å²) in [5.41, 5.74) is 1.01. The first-order valence-corrected chi connectivity index (χ1v) is 8.30. The van der Waals surface area contributed by atoms with Gasteiger partial charge in [0.1, 0.15) is 5.75 Å². The Morgan fingerprint density at radius 3 is 2.42 bits per heavy atom. The van der Waals surface area contributed by atoms with E-state index in [0.29, 0.717) is 22.2 Å². The standard InChI is InChI=1S/C18H19Cl2NO3/c1-12(17(22)7-13-5-3-2-4-6-13)21-18(23)11-24-16-9-14(19)8-15(20)10-16/h2-6,8-10,12,17,22H,7,11H2,1H3,(H,21,23)/t12-,17+/m1/s1. The number of amides is 1. The molecule has 0 aliphatic carbocycles. The third-order valence-corrected chi connectivity index (χ3v) is 3.90. The van der Waals surface area contributed by atoms with Crippen molar-refractivity contribution >= 4 is 29.1 Å². The van der Waals surface area contributed by atoms with Gasteiger partial charge >= 0.3 is 0 Å². The third-order valence-electron chi connectivity index (χ3n) is 3.46. The Hall–Kier alpha value is -1.75. The number of ether oxygens (including phenoxy) is 1. The van der Waals surface area contributed by atoms with Crippen molar-refractivity contribution in [3.63, 3.8) is 0 Å². The largest absolute Gasteiger partial charge is 0.484 e. The monoisotopic (exact) mass is 367 g/mol. The fourth-order valence-corrected chi connectivity index (χ4v) is 2.69. The van der Waals surface area contributed by atoms with Crippen LogP contribution in [-0.4, -0.2) is 29.8 Å². The van der Waals surface area contributed by atoms with Crippen molar-refractivity contribution in [1.29, 1.82) is 0 Å². The van der Waals surface area contributed by atoms with Gasteiger partial charge in [0.05, 0.1) is 12.1 Å². The minimum Gasteiger partial charge on any atom is -0.484 e. The molecule has 0 aliphatic rings. The van der Waals surface area contributed by atoms with Crippen LogP contribution in [0.3, 0.4) is 0 Å². The van der Waals surface area contributed by atoms with Crippen molar-refractivity contribution in [3.8, 4) is 5.75 Å². The zero-order valence-electron chi connectivity index (χ0n) is 13.2. The molecular weight excluding hydrogens is 349 g/mol. The normalized spacial score (nSPS) is 13.2. The molecule has 0 saturated heterocycles. The van der Waals surface area contributed by atoms with Gasteiger partial charge < -0.3 is 15.2 Å². The Bertz CT molecular complexity index is 659. The molecule has 24 heavy (non-hydrogen) atoms. The minimum atomic E-state index is -0.683. The lowest BCUT2D eigenvalue weighted by Gasteiger charge is -2.20. The number of nitrogens with one attached hydrogen (secondary N) is 1. The molecule has 2 rings (SSSR count). The molecule has 0 spiro atoms. The lowest BCUT2D eigenvalue weighted by molar-refractivity contribution is -0.124. The average Bonchev–Trinajstić information content (AvgIpc) is 2.53. The lowest BCUT2D eigenvalue weighted by atomic mass is 10.0. The van der Waals surface area contributed by atoms with E-state index >= 15 is 0 Å². The van der Waals surface area contributed by atoms with E-state index in [1.807, 2.05) is 30.3 Å².